The molecule has 4 nitrogen and oxygen atoms in total. The monoisotopic (exact) mass is 196 g/mol. The Labute approximate surface area is 77.3 Å². The van der Waals surface area contributed by atoms with Crippen molar-refractivity contribution in [3.8, 4) is 0 Å². The van der Waals surface area contributed by atoms with Crippen molar-refractivity contribution in [3.05, 3.63) is 29.1 Å². The first-order chi connectivity index (χ1) is 6.25. The van der Waals surface area contributed by atoms with E-state index in [9.17, 15) is 8.42 Å². The van der Waals surface area contributed by atoms with E-state index in [1.165, 1.54) is 0 Å². The molecule has 2 heterocycles. The zero-order chi connectivity index (χ0) is 9.26. The van der Waals surface area contributed by atoms with Gasteiger partial charge in [0.1, 0.15) is 10.7 Å². The van der Waals surface area contributed by atoms with Crippen LogP contribution in [0, 0.1) is 0 Å². The minimum absolute atomic E-state index is 0.0165. The van der Waals surface area contributed by atoms with E-state index in [1.54, 1.807) is 18.5 Å². The predicted octanol–water partition coefficient (Wildman–Crippen LogP) is 0.126. The molecule has 1 aromatic rings. The SMILES string of the molecule is O=[SH](=O)Cc1cc2c(cn1)C=NC2. The molecule has 0 saturated carbocycles. The summed E-state index contributed by atoms with van der Waals surface area (Å²) in [6.45, 7) is 0.639. The van der Waals surface area contributed by atoms with Gasteiger partial charge in [-0.05, 0) is 11.6 Å². The second-order valence-electron chi connectivity index (χ2n) is 2.84. The Morgan fingerprint density at radius 3 is 3.08 bits per heavy atom. The molecule has 0 aromatic carbocycles. The lowest BCUT2D eigenvalue weighted by Crippen LogP contribution is -1.95. The average molecular weight is 196 g/mol. The Balaban J connectivity index is 2.33. The van der Waals surface area contributed by atoms with Crippen molar-refractivity contribution in [3.63, 3.8) is 0 Å². The number of aliphatic imine (C=N–C) groups is 1. The zero-order valence-corrected chi connectivity index (χ0v) is 7.70. The molecule has 0 aliphatic carbocycles. The van der Waals surface area contributed by atoms with Gasteiger partial charge in [0.25, 0.3) is 0 Å². The third kappa shape index (κ3) is 1.75. The van der Waals surface area contributed by atoms with Crippen LogP contribution in [-0.2, 0) is 23.0 Å². The van der Waals surface area contributed by atoms with Crippen molar-refractivity contribution in [2.45, 2.75) is 12.3 Å². The summed E-state index contributed by atoms with van der Waals surface area (Å²) >= 11 is 0. The van der Waals surface area contributed by atoms with E-state index in [0.717, 1.165) is 11.1 Å². The zero-order valence-electron chi connectivity index (χ0n) is 6.80. The molecule has 1 aliphatic heterocycles. The van der Waals surface area contributed by atoms with Crippen LogP contribution in [0.4, 0.5) is 0 Å². The van der Waals surface area contributed by atoms with E-state index in [4.69, 9.17) is 0 Å². The fraction of sp³-hybridized carbons (Fsp3) is 0.250. The third-order valence-electron chi connectivity index (χ3n) is 1.86. The molecule has 1 aromatic heterocycles. The summed E-state index contributed by atoms with van der Waals surface area (Å²) in [6.07, 6.45) is 3.42. The second kappa shape index (κ2) is 3.26. The highest BCUT2D eigenvalue weighted by atomic mass is 32.2. The van der Waals surface area contributed by atoms with Gasteiger partial charge in [-0.1, -0.05) is 0 Å². The van der Waals surface area contributed by atoms with E-state index in [0.29, 0.717) is 12.2 Å². The molecule has 0 amide bonds. The molecular weight excluding hydrogens is 188 g/mol. The van der Waals surface area contributed by atoms with Crippen molar-refractivity contribution in [2.24, 2.45) is 4.99 Å². The summed E-state index contributed by atoms with van der Waals surface area (Å²) in [5.41, 5.74) is 2.65. The lowest BCUT2D eigenvalue weighted by atomic mass is 10.1. The van der Waals surface area contributed by atoms with Crippen molar-refractivity contribution < 1.29 is 8.42 Å². The number of rotatable bonds is 2. The normalized spacial score (nSPS) is 13.6. The molecule has 0 atom stereocenters. The maximum atomic E-state index is 10.4. The van der Waals surface area contributed by atoms with Crippen LogP contribution in [0.15, 0.2) is 17.3 Å². The number of thiol groups is 1. The predicted molar refractivity (Wildman–Crippen MR) is 49.6 cm³/mol. The van der Waals surface area contributed by atoms with Gasteiger partial charge in [0, 0.05) is 18.0 Å². The number of pyridine rings is 1. The molecule has 68 valence electrons. The van der Waals surface area contributed by atoms with E-state index in [-0.39, 0.29) is 5.75 Å². The van der Waals surface area contributed by atoms with Crippen LogP contribution >= 0.6 is 0 Å². The lowest BCUT2D eigenvalue weighted by molar-refractivity contribution is 0.613. The highest BCUT2D eigenvalue weighted by Crippen LogP contribution is 2.14. The van der Waals surface area contributed by atoms with E-state index in [2.05, 4.69) is 9.98 Å². The van der Waals surface area contributed by atoms with Crippen LogP contribution in [0.25, 0.3) is 0 Å². The van der Waals surface area contributed by atoms with Crippen LogP contribution in [0.2, 0.25) is 0 Å². The summed E-state index contributed by atoms with van der Waals surface area (Å²) in [4.78, 5) is 8.07. The molecule has 0 N–H and O–H groups in total. The molecule has 0 spiro atoms. The summed E-state index contributed by atoms with van der Waals surface area (Å²) in [6, 6.07) is 1.80. The van der Waals surface area contributed by atoms with Gasteiger partial charge in [-0.25, -0.2) is 8.42 Å². The first kappa shape index (κ1) is 8.37. The molecule has 0 unspecified atom stereocenters. The Morgan fingerprint density at radius 1 is 1.46 bits per heavy atom. The molecule has 13 heavy (non-hydrogen) atoms. The van der Waals surface area contributed by atoms with Crippen LogP contribution < -0.4 is 0 Å². The molecular formula is C8H8N2O2S. The van der Waals surface area contributed by atoms with Gasteiger partial charge in [-0.15, -0.1) is 0 Å². The quantitative estimate of drug-likeness (QED) is 0.684. The lowest BCUT2D eigenvalue weighted by Gasteiger charge is -1.98. The van der Waals surface area contributed by atoms with Crippen molar-refractivity contribution in [1.29, 1.82) is 0 Å². The fourth-order valence-electron chi connectivity index (χ4n) is 1.27. The summed E-state index contributed by atoms with van der Waals surface area (Å²) in [5.74, 6) is 0.0165. The van der Waals surface area contributed by atoms with Crippen LogP contribution in [0.1, 0.15) is 16.8 Å². The Bertz CT molecular complexity index is 430. The summed E-state index contributed by atoms with van der Waals surface area (Å²) in [7, 11) is -2.39. The van der Waals surface area contributed by atoms with Crippen LogP contribution in [-0.4, -0.2) is 19.6 Å². The molecule has 0 bridgehead atoms. The summed E-state index contributed by atoms with van der Waals surface area (Å²) < 4.78 is 20.9. The fourth-order valence-corrected chi connectivity index (χ4v) is 1.71. The molecule has 0 saturated heterocycles. The largest absolute Gasteiger partial charge is 0.288 e. The van der Waals surface area contributed by atoms with E-state index in [1.807, 2.05) is 0 Å². The highest BCUT2D eigenvalue weighted by Gasteiger charge is 2.07. The van der Waals surface area contributed by atoms with Gasteiger partial charge in [0.15, 0.2) is 0 Å². The number of hydrogen-bond acceptors (Lipinski definition) is 4. The number of hydrogen-bond donors (Lipinski definition) is 1. The molecule has 2 rings (SSSR count). The van der Waals surface area contributed by atoms with Gasteiger partial charge in [-0.2, -0.15) is 0 Å². The molecule has 5 heteroatoms. The van der Waals surface area contributed by atoms with Crippen LogP contribution in [0.5, 0.6) is 0 Å². The van der Waals surface area contributed by atoms with Crippen molar-refractivity contribution in [1.82, 2.24) is 4.98 Å². The maximum absolute atomic E-state index is 10.4. The molecule has 1 aliphatic rings. The first-order valence-electron chi connectivity index (χ1n) is 3.85. The average Bonchev–Trinajstić information content (AvgIpc) is 2.49. The van der Waals surface area contributed by atoms with Crippen LogP contribution in [0.3, 0.4) is 0 Å². The Morgan fingerprint density at radius 2 is 2.31 bits per heavy atom. The maximum Gasteiger partial charge on any atom is 0.145 e. The molecule has 0 radical (unpaired) electrons. The smallest absolute Gasteiger partial charge is 0.145 e. The van der Waals surface area contributed by atoms with Gasteiger partial charge in [0.05, 0.1) is 18.0 Å². The Hall–Kier alpha value is -1.23. The third-order valence-corrected chi connectivity index (χ3v) is 2.45. The van der Waals surface area contributed by atoms with Gasteiger partial charge < -0.3 is 0 Å². The van der Waals surface area contributed by atoms with Gasteiger partial charge in [-0.3, -0.25) is 9.98 Å². The van der Waals surface area contributed by atoms with Gasteiger partial charge >= 0.3 is 0 Å². The topological polar surface area (TPSA) is 59.4 Å². The van der Waals surface area contributed by atoms with Gasteiger partial charge in [0.2, 0.25) is 0 Å². The molecule has 0 fully saturated rings. The highest BCUT2D eigenvalue weighted by molar-refractivity contribution is 7.71. The Kier molecular flexibility index (Phi) is 2.10. The number of fused-ring (bicyclic) bond motifs is 1. The van der Waals surface area contributed by atoms with Crippen molar-refractivity contribution >= 4 is 16.9 Å². The van der Waals surface area contributed by atoms with E-state index < -0.39 is 10.7 Å². The minimum Gasteiger partial charge on any atom is -0.288 e. The van der Waals surface area contributed by atoms with Crippen molar-refractivity contribution in [2.75, 3.05) is 0 Å². The number of nitrogens with zero attached hydrogens (tertiary/aromatic N) is 2. The van der Waals surface area contributed by atoms with E-state index >= 15 is 0 Å². The number of aromatic nitrogens is 1. The standard InChI is InChI=1S/C8H8N2O2S/c11-13(12)5-8-1-6-2-9-3-7(6)4-10-8/h1,3-4,13H,2,5H2. The summed E-state index contributed by atoms with van der Waals surface area (Å²) in [5, 5.41) is 0. The first-order valence-corrected chi connectivity index (χ1v) is 5.21. The second-order valence-corrected chi connectivity index (χ2v) is 3.82. The minimum atomic E-state index is -2.39.